The quantitative estimate of drug-likeness (QED) is 0.795. The molecular formula is C9H16ClN3S. The molecule has 5 heteroatoms. The number of rotatable bonds is 5. The summed E-state index contributed by atoms with van der Waals surface area (Å²) in [5, 5.41) is 4.17. The van der Waals surface area contributed by atoms with Crippen LogP contribution in [-0.2, 0) is 6.42 Å². The van der Waals surface area contributed by atoms with Crippen LogP contribution in [-0.4, -0.2) is 21.3 Å². The second-order valence-corrected chi connectivity index (χ2v) is 4.58. The molecule has 0 radical (unpaired) electrons. The summed E-state index contributed by atoms with van der Waals surface area (Å²) in [6.07, 6.45) is 0.880. The number of nitrogens with zero attached hydrogens (tertiary/aromatic N) is 2. The van der Waals surface area contributed by atoms with Gasteiger partial charge in [0.05, 0.1) is 0 Å². The third kappa shape index (κ3) is 3.10. The van der Waals surface area contributed by atoms with Gasteiger partial charge < -0.3 is 5.32 Å². The molecular weight excluding hydrogens is 218 g/mol. The molecule has 0 bridgehead atoms. The van der Waals surface area contributed by atoms with Crippen molar-refractivity contribution in [1.29, 1.82) is 0 Å². The first-order valence-electron chi connectivity index (χ1n) is 4.82. The van der Waals surface area contributed by atoms with Crippen molar-refractivity contribution >= 4 is 28.3 Å². The molecule has 80 valence electrons. The van der Waals surface area contributed by atoms with E-state index in [-0.39, 0.29) is 6.04 Å². The summed E-state index contributed by atoms with van der Waals surface area (Å²) in [7, 11) is 0. The van der Waals surface area contributed by atoms with Gasteiger partial charge in [0.25, 0.3) is 0 Å². The number of anilines is 1. The highest BCUT2D eigenvalue weighted by molar-refractivity contribution is 7.09. The van der Waals surface area contributed by atoms with E-state index in [1.165, 1.54) is 11.5 Å². The highest BCUT2D eigenvalue weighted by atomic mass is 35.5. The van der Waals surface area contributed by atoms with E-state index >= 15 is 0 Å². The van der Waals surface area contributed by atoms with E-state index in [0.717, 1.165) is 17.4 Å². The Morgan fingerprint density at radius 2 is 2.21 bits per heavy atom. The number of hydrogen-bond donors (Lipinski definition) is 1. The molecule has 0 saturated heterocycles. The Kier molecular flexibility index (Phi) is 4.62. The maximum Gasteiger partial charge on any atom is 0.202 e. The van der Waals surface area contributed by atoms with Crippen molar-refractivity contribution in [3.63, 3.8) is 0 Å². The van der Waals surface area contributed by atoms with E-state index in [1.54, 1.807) is 0 Å². The van der Waals surface area contributed by atoms with Gasteiger partial charge in [-0.1, -0.05) is 20.8 Å². The zero-order valence-corrected chi connectivity index (χ0v) is 10.3. The Bertz CT molecular complexity index is 275. The van der Waals surface area contributed by atoms with Crippen molar-refractivity contribution in [3.8, 4) is 0 Å². The molecule has 1 N–H and O–H groups in total. The van der Waals surface area contributed by atoms with E-state index in [9.17, 15) is 0 Å². The Balaban J connectivity index is 2.57. The number of halogens is 1. The average molecular weight is 234 g/mol. The Hall–Kier alpha value is -0.350. The van der Waals surface area contributed by atoms with Gasteiger partial charge in [0.1, 0.15) is 5.82 Å². The topological polar surface area (TPSA) is 37.8 Å². The highest BCUT2D eigenvalue weighted by Gasteiger charge is 2.13. The van der Waals surface area contributed by atoms with Gasteiger partial charge in [-0.2, -0.15) is 4.37 Å². The van der Waals surface area contributed by atoms with Gasteiger partial charge >= 0.3 is 0 Å². The number of alkyl halides is 1. The van der Waals surface area contributed by atoms with Crippen molar-refractivity contribution in [1.82, 2.24) is 9.36 Å². The normalized spacial score (nSPS) is 13.2. The van der Waals surface area contributed by atoms with Gasteiger partial charge in [0.2, 0.25) is 5.13 Å². The van der Waals surface area contributed by atoms with Gasteiger partial charge in [-0.3, -0.25) is 0 Å². The van der Waals surface area contributed by atoms with E-state index in [2.05, 4.69) is 28.5 Å². The van der Waals surface area contributed by atoms with E-state index in [4.69, 9.17) is 11.6 Å². The molecule has 3 nitrogen and oxygen atoms in total. The first-order chi connectivity index (χ1) is 6.67. The van der Waals surface area contributed by atoms with Gasteiger partial charge in [0, 0.05) is 29.9 Å². The fourth-order valence-corrected chi connectivity index (χ4v) is 2.14. The summed E-state index contributed by atoms with van der Waals surface area (Å²) in [5.41, 5.74) is 0. The van der Waals surface area contributed by atoms with Crippen LogP contribution in [0, 0.1) is 5.92 Å². The predicted molar refractivity (Wildman–Crippen MR) is 62.3 cm³/mol. The Labute approximate surface area is 94.1 Å². The maximum atomic E-state index is 5.85. The second-order valence-electron chi connectivity index (χ2n) is 3.52. The molecule has 1 rings (SSSR count). The molecule has 0 saturated carbocycles. The average Bonchev–Trinajstić information content (AvgIpc) is 2.61. The largest absolute Gasteiger partial charge is 0.356 e. The summed E-state index contributed by atoms with van der Waals surface area (Å²) in [6, 6.07) is 0.273. The van der Waals surface area contributed by atoms with Crippen LogP contribution < -0.4 is 5.32 Å². The lowest BCUT2D eigenvalue weighted by molar-refractivity contribution is 0.564. The van der Waals surface area contributed by atoms with Crippen LogP contribution in [0.15, 0.2) is 0 Å². The summed E-state index contributed by atoms with van der Waals surface area (Å²) in [4.78, 5) is 4.34. The van der Waals surface area contributed by atoms with Crippen LogP contribution in [0.5, 0.6) is 0 Å². The lowest BCUT2D eigenvalue weighted by Crippen LogP contribution is -2.27. The van der Waals surface area contributed by atoms with Gasteiger partial charge in [0.15, 0.2) is 0 Å². The number of aromatic nitrogens is 2. The van der Waals surface area contributed by atoms with Crippen molar-refractivity contribution in [2.45, 2.75) is 33.2 Å². The molecule has 1 unspecified atom stereocenters. The zero-order valence-electron chi connectivity index (χ0n) is 8.75. The number of nitrogens with one attached hydrogen (secondary N) is 1. The molecule has 1 aromatic heterocycles. The molecule has 0 amide bonds. The Morgan fingerprint density at radius 3 is 2.64 bits per heavy atom. The molecule has 0 fully saturated rings. The third-order valence-electron chi connectivity index (χ3n) is 2.06. The molecule has 1 heterocycles. The predicted octanol–water partition coefficient (Wildman–Crippen LogP) is 2.78. The van der Waals surface area contributed by atoms with Crippen molar-refractivity contribution in [3.05, 3.63) is 5.82 Å². The van der Waals surface area contributed by atoms with Crippen LogP contribution in [0.2, 0.25) is 0 Å². The monoisotopic (exact) mass is 233 g/mol. The minimum absolute atomic E-state index is 0.273. The maximum absolute atomic E-state index is 5.85. The van der Waals surface area contributed by atoms with E-state index < -0.39 is 0 Å². The van der Waals surface area contributed by atoms with Crippen LogP contribution in [0.25, 0.3) is 0 Å². The molecule has 1 atom stereocenters. The lowest BCUT2D eigenvalue weighted by atomic mass is 10.1. The molecule has 0 spiro atoms. The van der Waals surface area contributed by atoms with Gasteiger partial charge in [-0.25, -0.2) is 4.98 Å². The van der Waals surface area contributed by atoms with Crippen LogP contribution >= 0.6 is 23.1 Å². The molecule has 14 heavy (non-hydrogen) atoms. The molecule has 0 aliphatic carbocycles. The summed E-state index contributed by atoms with van der Waals surface area (Å²) >= 11 is 7.25. The molecule has 0 aliphatic rings. The first kappa shape index (κ1) is 11.7. The number of hydrogen-bond acceptors (Lipinski definition) is 4. The molecule has 1 aromatic rings. The number of aryl methyl sites for hydroxylation is 1. The minimum Gasteiger partial charge on any atom is -0.356 e. The van der Waals surface area contributed by atoms with Gasteiger partial charge in [-0.15, -0.1) is 11.6 Å². The zero-order chi connectivity index (χ0) is 10.6. The highest BCUT2D eigenvalue weighted by Crippen LogP contribution is 2.16. The smallest absolute Gasteiger partial charge is 0.202 e. The summed E-state index contributed by atoms with van der Waals surface area (Å²) < 4.78 is 4.21. The van der Waals surface area contributed by atoms with Crippen molar-refractivity contribution < 1.29 is 0 Å². The van der Waals surface area contributed by atoms with Crippen LogP contribution in [0.3, 0.4) is 0 Å². The molecule has 0 aromatic carbocycles. The Morgan fingerprint density at radius 1 is 1.50 bits per heavy atom. The fourth-order valence-electron chi connectivity index (χ4n) is 0.998. The third-order valence-corrected chi connectivity index (χ3v) is 3.08. The summed E-state index contributed by atoms with van der Waals surface area (Å²) in [6.45, 7) is 6.33. The molecule has 0 aliphatic heterocycles. The summed E-state index contributed by atoms with van der Waals surface area (Å²) in [5.74, 6) is 2.00. The fraction of sp³-hybridized carbons (Fsp3) is 0.778. The second kappa shape index (κ2) is 5.51. The minimum atomic E-state index is 0.273. The van der Waals surface area contributed by atoms with E-state index in [1.807, 2.05) is 6.92 Å². The van der Waals surface area contributed by atoms with Crippen molar-refractivity contribution in [2.75, 3.05) is 11.2 Å². The SMILES string of the molecule is CCc1nsc(NC(CCl)C(C)C)n1. The standard InChI is InChI=1S/C9H16ClN3S/c1-4-8-12-9(14-13-8)11-7(5-10)6(2)3/h6-7H,4-5H2,1-3H3,(H,11,12,13). The van der Waals surface area contributed by atoms with Crippen molar-refractivity contribution in [2.24, 2.45) is 5.92 Å². The van der Waals surface area contributed by atoms with Gasteiger partial charge in [-0.05, 0) is 5.92 Å². The van der Waals surface area contributed by atoms with E-state index in [0.29, 0.717) is 11.8 Å². The lowest BCUT2D eigenvalue weighted by Gasteiger charge is -2.18. The van der Waals surface area contributed by atoms with Crippen LogP contribution in [0.1, 0.15) is 26.6 Å². The first-order valence-corrected chi connectivity index (χ1v) is 6.13. The van der Waals surface area contributed by atoms with Crippen LogP contribution in [0.4, 0.5) is 5.13 Å².